The lowest BCUT2D eigenvalue weighted by molar-refractivity contribution is -0.132. The van der Waals surface area contributed by atoms with Gasteiger partial charge in [-0.2, -0.15) is 0 Å². The smallest absolute Gasteiger partial charge is 0.407 e. The second-order valence-corrected chi connectivity index (χ2v) is 7.61. The molecule has 0 aromatic rings. The molecule has 1 aliphatic rings. The average molecular weight is 341 g/mol. The highest BCUT2D eigenvalue weighted by Crippen LogP contribution is 2.20. The van der Waals surface area contributed by atoms with Gasteiger partial charge in [-0.15, -0.1) is 0 Å². The molecule has 6 nitrogen and oxygen atoms in total. The van der Waals surface area contributed by atoms with Crippen LogP contribution in [-0.2, 0) is 9.53 Å². The van der Waals surface area contributed by atoms with Crippen LogP contribution < -0.4 is 10.6 Å². The van der Waals surface area contributed by atoms with Crippen LogP contribution in [0.15, 0.2) is 0 Å². The van der Waals surface area contributed by atoms with Crippen molar-refractivity contribution in [3.8, 4) is 0 Å². The standard InChI is InChI=1S/C18H35N3O3/c1-7-21(8-2)16(22)13(3)19-14-10-9-11-15(12-14)20-17(23)24-18(4,5)6/h13-15,19H,7-12H2,1-6H3,(H,20,23). The molecule has 0 radical (unpaired) electrons. The second kappa shape index (κ2) is 9.25. The van der Waals surface area contributed by atoms with E-state index in [1.54, 1.807) is 0 Å². The predicted molar refractivity (Wildman–Crippen MR) is 95.9 cm³/mol. The number of alkyl carbamates (subject to hydrolysis) is 1. The van der Waals surface area contributed by atoms with Gasteiger partial charge in [-0.1, -0.05) is 0 Å². The van der Waals surface area contributed by atoms with Gasteiger partial charge in [0.1, 0.15) is 5.60 Å². The summed E-state index contributed by atoms with van der Waals surface area (Å²) in [6.45, 7) is 13.0. The Morgan fingerprint density at radius 2 is 1.75 bits per heavy atom. The van der Waals surface area contributed by atoms with Gasteiger partial charge in [0.25, 0.3) is 0 Å². The molecular formula is C18H35N3O3. The SMILES string of the molecule is CCN(CC)C(=O)C(C)NC1CCCC(NC(=O)OC(C)(C)C)C1. The van der Waals surface area contributed by atoms with Crippen molar-refractivity contribution >= 4 is 12.0 Å². The van der Waals surface area contributed by atoms with Crippen molar-refractivity contribution in [2.24, 2.45) is 0 Å². The minimum Gasteiger partial charge on any atom is -0.444 e. The Morgan fingerprint density at radius 1 is 1.17 bits per heavy atom. The Bertz CT molecular complexity index is 416. The molecule has 0 heterocycles. The van der Waals surface area contributed by atoms with Crippen LogP contribution in [0.5, 0.6) is 0 Å². The molecule has 3 unspecified atom stereocenters. The number of amides is 2. The molecule has 1 aliphatic carbocycles. The largest absolute Gasteiger partial charge is 0.444 e. The van der Waals surface area contributed by atoms with Crippen LogP contribution in [0.2, 0.25) is 0 Å². The van der Waals surface area contributed by atoms with Crippen molar-refractivity contribution in [1.82, 2.24) is 15.5 Å². The zero-order valence-corrected chi connectivity index (χ0v) is 16.1. The van der Waals surface area contributed by atoms with Gasteiger partial charge < -0.3 is 20.3 Å². The summed E-state index contributed by atoms with van der Waals surface area (Å²) in [6.07, 6.45) is 3.48. The van der Waals surface area contributed by atoms with E-state index in [0.29, 0.717) is 0 Å². The molecule has 2 N–H and O–H groups in total. The maximum Gasteiger partial charge on any atom is 0.407 e. The number of nitrogens with one attached hydrogen (secondary N) is 2. The zero-order valence-electron chi connectivity index (χ0n) is 16.1. The minimum absolute atomic E-state index is 0.0989. The van der Waals surface area contributed by atoms with Crippen molar-refractivity contribution in [3.05, 3.63) is 0 Å². The molecule has 0 aliphatic heterocycles. The Kier molecular flexibility index (Phi) is 8.00. The quantitative estimate of drug-likeness (QED) is 0.779. The number of carbonyl (C=O) groups excluding carboxylic acids is 2. The molecule has 0 saturated heterocycles. The lowest BCUT2D eigenvalue weighted by atomic mass is 9.90. The first kappa shape index (κ1) is 20.7. The van der Waals surface area contributed by atoms with E-state index >= 15 is 0 Å². The summed E-state index contributed by atoms with van der Waals surface area (Å²) in [5, 5.41) is 6.39. The zero-order chi connectivity index (χ0) is 18.3. The fraction of sp³-hybridized carbons (Fsp3) is 0.889. The lowest BCUT2D eigenvalue weighted by Crippen LogP contribution is -2.51. The minimum atomic E-state index is -0.485. The Morgan fingerprint density at radius 3 is 2.29 bits per heavy atom. The summed E-state index contributed by atoms with van der Waals surface area (Å²) in [5.74, 6) is 0.141. The molecule has 1 rings (SSSR count). The van der Waals surface area contributed by atoms with Crippen molar-refractivity contribution in [1.29, 1.82) is 0 Å². The van der Waals surface area contributed by atoms with E-state index in [4.69, 9.17) is 4.74 Å². The molecule has 140 valence electrons. The average Bonchev–Trinajstić information content (AvgIpc) is 2.46. The normalized spacial score (nSPS) is 22.6. The van der Waals surface area contributed by atoms with Crippen molar-refractivity contribution < 1.29 is 14.3 Å². The van der Waals surface area contributed by atoms with E-state index in [1.165, 1.54) is 0 Å². The van der Waals surface area contributed by atoms with Gasteiger partial charge in [0.05, 0.1) is 6.04 Å². The number of likely N-dealkylation sites (N-methyl/N-ethyl adjacent to an activating group) is 1. The summed E-state index contributed by atoms with van der Waals surface area (Å²) in [7, 11) is 0. The molecule has 0 spiro atoms. The van der Waals surface area contributed by atoms with Crippen molar-refractivity contribution in [2.45, 2.75) is 91.0 Å². The molecular weight excluding hydrogens is 306 g/mol. The van der Waals surface area contributed by atoms with Crippen LogP contribution in [0, 0.1) is 0 Å². The van der Waals surface area contributed by atoms with Gasteiger partial charge in [-0.05, 0) is 67.2 Å². The van der Waals surface area contributed by atoms with E-state index in [2.05, 4.69) is 10.6 Å². The Balaban J connectivity index is 2.48. The van der Waals surface area contributed by atoms with Gasteiger partial charge in [0.15, 0.2) is 0 Å². The first-order valence-electron chi connectivity index (χ1n) is 9.20. The summed E-state index contributed by atoms with van der Waals surface area (Å²) in [5.41, 5.74) is -0.485. The van der Waals surface area contributed by atoms with E-state index < -0.39 is 5.60 Å². The highest BCUT2D eigenvalue weighted by Gasteiger charge is 2.28. The third kappa shape index (κ3) is 7.07. The predicted octanol–water partition coefficient (Wildman–Crippen LogP) is 2.67. The highest BCUT2D eigenvalue weighted by atomic mass is 16.6. The second-order valence-electron chi connectivity index (χ2n) is 7.61. The third-order valence-electron chi connectivity index (χ3n) is 4.33. The molecule has 0 bridgehead atoms. The molecule has 0 aromatic heterocycles. The van der Waals surface area contributed by atoms with Gasteiger partial charge in [0, 0.05) is 25.2 Å². The van der Waals surface area contributed by atoms with Crippen LogP contribution in [0.25, 0.3) is 0 Å². The molecule has 24 heavy (non-hydrogen) atoms. The van der Waals surface area contributed by atoms with Gasteiger partial charge >= 0.3 is 6.09 Å². The fourth-order valence-electron chi connectivity index (χ4n) is 3.18. The van der Waals surface area contributed by atoms with Crippen LogP contribution in [-0.4, -0.2) is 53.7 Å². The number of carbonyl (C=O) groups is 2. The lowest BCUT2D eigenvalue weighted by Gasteiger charge is -2.33. The van der Waals surface area contributed by atoms with E-state index in [0.717, 1.165) is 38.8 Å². The van der Waals surface area contributed by atoms with E-state index in [9.17, 15) is 9.59 Å². The first-order chi connectivity index (χ1) is 11.2. The fourth-order valence-corrected chi connectivity index (χ4v) is 3.18. The monoisotopic (exact) mass is 341 g/mol. The van der Waals surface area contributed by atoms with Crippen molar-refractivity contribution in [3.63, 3.8) is 0 Å². The molecule has 1 fully saturated rings. The maximum atomic E-state index is 12.4. The molecule has 3 atom stereocenters. The van der Waals surface area contributed by atoms with Crippen LogP contribution >= 0.6 is 0 Å². The number of hydrogen-bond donors (Lipinski definition) is 2. The van der Waals surface area contributed by atoms with Gasteiger partial charge in [-0.3, -0.25) is 4.79 Å². The van der Waals surface area contributed by atoms with Gasteiger partial charge in [0.2, 0.25) is 5.91 Å². The summed E-state index contributed by atoms with van der Waals surface area (Å²) < 4.78 is 5.32. The number of nitrogens with zero attached hydrogens (tertiary/aromatic N) is 1. The topological polar surface area (TPSA) is 70.7 Å². The van der Waals surface area contributed by atoms with Gasteiger partial charge in [-0.25, -0.2) is 4.79 Å². The highest BCUT2D eigenvalue weighted by molar-refractivity contribution is 5.81. The molecule has 0 aromatic carbocycles. The van der Waals surface area contributed by atoms with E-state index in [-0.39, 0.29) is 30.1 Å². The Labute approximate surface area is 146 Å². The molecule has 2 amide bonds. The summed E-state index contributed by atoms with van der Waals surface area (Å²) in [4.78, 5) is 26.1. The number of rotatable bonds is 6. The number of ether oxygens (including phenoxy) is 1. The number of hydrogen-bond acceptors (Lipinski definition) is 4. The third-order valence-corrected chi connectivity index (χ3v) is 4.33. The molecule has 6 heteroatoms. The van der Waals surface area contributed by atoms with E-state index in [1.807, 2.05) is 46.4 Å². The first-order valence-corrected chi connectivity index (χ1v) is 9.20. The van der Waals surface area contributed by atoms with Crippen LogP contribution in [0.1, 0.15) is 67.2 Å². The Hall–Kier alpha value is -1.30. The maximum absolute atomic E-state index is 12.4. The van der Waals surface area contributed by atoms with Crippen molar-refractivity contribution in [2.75, 3.05) is 13.1 Å². The summed E-state index contributed by atoms with van der Waals surface area (Å²) >= 11 is 0. The van der Waals surface area contributed by atoms with Crippen LogP contribution in [0.3, 0.4) is 0 Å². The molecule has 1 saturated carbocycles. The summed E-state index contributed by atoms with van der Waals surface area (Å²) in [6, 6.07) is 0.144. The van der Waals surface area contributed by atoms with Crippen LogP contribution in [0.4, 0.5) is 4.79 Å².